The predicted octanol–water partition coefficient (Wildman–Crippen LogP) is 5.58. The number of nitrogens with one attached hydrogen (secondary N) is 2. The van der Waals surface area contributed by atoms with E-state index in [-0.39, 0.29) is 17.1 Å². The molecule has 5 rings (SSSR count). The summed E-state index contributed by atoms with van der Waals surface area (Å²) in [5.41, 5.74) is 1.27. The SMILES string of the molecule is CCN(CC)c1cc(C(=O)Nc2ccc(N3CCNCC3)c(C(F)(F)F)c2)nc2c(-c3cccc(Cl)c3)cnn12. The average Bonchev–Trinajstić information content (AvgIpc) is 3.38. The van der Waals surface area contributed by atoms with E-state index in [1.165, 1.54) is 12.1 Å². The van der Waals surface area contributed by atoms with Crippen LogP contribution >= 0.6 is 11.6 Å². The second kappa shape index (κ2) is 11.3. The Kier molecular flexibility index (Phi) is 7.86. The number of amides is 1. The first-order valence-corrected chi connectivity index (χ1v) is 13.4. The Hall–Kier alpha value is -3.83. The first-order valence-electron chi connectivity index (χ1n) is 13.1. The normalized spacial score (nSPS) is 14.0. The lowest BCUT2D eigenvalue weighted by Gasteiger charge is -2.31. The number of fused-ring (bicyclic) bond motifs is 1. The maximum atomic E-state index is 14.0. The van der Waals surface area contributed by atoms with Gasteiger partial charge in [0, 0.05) is 67.3 Å². The summed E-state index contributed by atoms with van der Waals surface area (Å²) in [5, 5.41) is 10.8. The molecule has 1 amide bonds. The highest BCUT2D eigenvalue weighted by Gasteiger charge is 2.35. The number of halogens is 4. The topological polar surface area (TPSA) is 77.8 Å². The zero-order valence-electron chi connectivity index (χ0n) is 22.1. The lowest BCUT2D eigenvalue weighted by Crippen LogP contribution is -2.44. The molecule has 1 aliphatic heterocycles. The molecule has 4 aromatic rings. The molecule has 1 saturated heterocycles. The van der Waals surface area contributed by atoms with Gasteiger partial charge in [0.05, 0.1) is 11.8 Å². The molecular weight excluding hydrogens is 543 g/mol. The van der Waals surface area contributed by atoms with Gasteiger partial charge in [-0.2, -0.15) is 22.8 Å². The number of alkyl halides is 3. The molecule has 40 heavy (non-hydrogen) atoms. The van der Waals surface area contributed by atoms with Crippen LogP contribution in [0.1, 0.15) is 29.9 Å². The van der Waals surface area contributed by atoms with Gasteiger partial charge < -0.3 is 20.4 Å². The fourth-order valence-corrected chi connectivity index (χ4v) is 5.10. The molecule has 3 heterocycles. The Morgan fingerprint density at radius 2 is 1.85 bits per heavy atom. The zero-order chi connectivity index (χ0) is 28.4. The summed E-state index contributed by atoms with van der Waals surface area (Å²) in [6.07, 6.45) is -2.93. The minimum atomic E-state index is -4.59. The second-order valence-electron chi connectivity index (χ2n) is 9.40. The lowest BCUT2D eigenvalue weighted by atomic mass is 10.1. The predicted molar refractivity (Wildman–Crippen MR) is 151 cm³/mol. The van der Waals surface area contributed by atoms with E-state index < -0.39 is 17.6 Å². The van der Waals surface area contributed by atoms with E-state index in [1.54, 1.807) is 33.8 Å². The smallest absolute Gasteiger partial charge is 0.368 e. The van der Waals surface area contributed by atoms with E-state index >= 15 is 0 Å². The van der Waals surface area contributed by atoms with Crippen LogP contribution in [0.15, 0.2) is 54.7 Å². The van der Waals surface area contributed by atoms with Crippen molar-refractivity contribution in [3.63, 3.8) is 0 Å². The molecule has 2 aromatic heterocycles. The molecule has 0 radical (unpaired) electrons. The van der Waals surface area contributed by atoms with Crippen LogP contribution in [0, 0.1) is 0 Å². The van der Waals surface area contributed by atoms with Crippen molar-refractivity contribution < 1.29 is 18.0 Å². The van der Waals surface area contributed by atoms with Crippen molar-refractivity contribution in [3.8, 4) is 11.1 Å². The molecule has 1 aliphatic rings. The Balaban J connectivity index is 1.54. The monoisotopic (exact) mass is 571 g/mol. The van der Waals surface area contributed by atoms with Crippen LogP contribution in [0.2, 0.25) is 5.02 Å². The molecule has 8 nitrogen and oxygen atoms in total. The van der Waals surface area contributed by atoms with Crippen molar-refractivity contribution in [1.29, 1.82) is 0 Å². The summed E-state index contributed by atoms with van der Waals surface area (Å²) >= 11 is 6.21. The van der Waals surface area contributed by atoms with Crippen LogP contribution in [-0.4, -0.2) is 59.8 Å². The summed E-state index contributed by atoms with van der Waals surface area (Å²) in [4.78, 5) is 21.8. The molecule has 12 heteroatoms. The molecule has 0 bridgehead atoms. The number of rotatable bonds is 7. The van der Waals surface area contributed by atoms with Gasteiger partial charge in [0.1, 0.15) is 11.5 Å². The Labute approximate surface area is 234 Å². The number of nitrogens with zero attached hydrogens (tertiary/aromatic N) is 5. The summed E-state index contributed by atoms with van der Waals surface area (Å²) in [7, 11) is 0. The van der Waals surface area contributed by atoms with Crippen LogP contribution in [0.3, 0.4) is 0 Å². The second-order valence-corrected chi connectivity index (χ2v) is 9.83. The van der Waals surface area contributed by atoms with Crippen molar-refractivity contribution in [2.45, 2.75) is 20.0 Å². The summed E-state index contributed by atoms with van der Waals surface area (Å²) in [5.74, 6) is 0.00987. The highest BCUT2D eigenvalue weighted by atomic mass is 35.5. The lowest BCUT2D eigenvalue weighted by molar-refractivity contribution is -0.137. The van der Waals surface area contributed by atoms with Gasteiger partial charge in [0.15, 0.2) is 5.65 Å². The Morgan fingerprint density at radius 3 is 2.52 bits per heavy atom. The van der Waals surface area contributed by atoms with E-state index in [0.717, 1.165) is 11.6 Å². The van der Waals surface area contributed by atoms with Gasteiger partial charge in [-0.25, -0.2) is 4.98 Å². The van der Waals surface area contributed by atoms with Crippen molar-refractivity contribution >= 4 is 40.3 Å². The van der Waals surface area contributed by atoms with Crippen molar-refractivity contribution in [3.05, 3.63) is 71.0 Å². The van der Waals surface area contributed by atoms with Gasteiger partial charge >= 0.3 is 6.18 Å². The molecule has 2 aromatic carbocycles. The quantitative estimate of drug-likeness (QED) is 0.302. The fourth-order valence-electron chi connectivity index (χ4n) is 4.91. The number of benzene rings is 2. The first kappa shape index (κ1) is 27.7. The molecular formula is C28H29ClF3N7O. The molecule has 0 spiro atoms. The van der Waals surface area contributed by atoms with Crippen LogP contribution < -0.4 is 20.4 Å². The molecule has 210 valence electrons. The maximum Gasteiger partial charge on any atom is 0.418 e. The number of carbonyl (C=O) groups is 1. The first-order chi connectivity index (χ1) is 19.2. The summed E-state index contributed by atoms with van der Waals surface area (Å²) < 4.78 is 43.8. The van der Waals surface area contributed by atoms with Gasteiger partial charge in [0.25, 0.3) is 5.91 Å². The number of carbonyl (C=O) groups excluding carboxylic acids is 1. The van der Waals surface area contributed by atoms with Crippen molar-refractivity contribution in [2.75, 3.05) is 54.4 Å². The fraction of sp³-hybridized carbons (Fsp3) is 0.321. The highest BCUT2D eigenvalue weighted by molar-refractivity contribution is 6.30. The summed E-state index contributed by atoms with van der Waals surface area (Å²) in [6, 6.07) is 12.7. The molecule has 0 saturated carbocycles. The van der Waals surface area contributed by atoms with Crippen molar-refractivity contribution in [2.24, 2.45) is 0 Å². The molecule has 0 atom stereocenters. The Morgan fingerprint density at radius 1 is 1.10 bits per heavy atom. The minimum Gasteiger partial charge on any atom is -0.368 e. The maximum absolute atomic E-state index is 14.0. The van der Waals surface area contributed by atoms with Gasteiger partial charge in [-0.15, -0.1) is 0 Å². The Bertz CT molecular complexity index is 1530. The van der Waals surface area contributed by atoms with E-state index in [0.29, 0.717) is 61.3 Å². The van der Waals surface area contributed by atoms with Crippen LogP contribution in [0.5, 0.6) is 0 Å². The molecule has 1 fully saturated rings. The number of anilines is 3. The molecule has 0 aliphatic carbocycles. The number of hydrogen-bond acceptors (Lipinski definition) is 6. The number of hydrogen-bond donors (Lipinski definition) is 2. The van der Waals surface area contributed by atoms with Gasteiger partial charge in [-0.3, -0.25) is 4.79 Å². The third-order valence-corrected chi connectivity index (χ3v) is 7.16. The van der Waals surface area contributed by atoms with Crippen molar-refractivity contribution in [1.82, 2.24) is 19.9 Å². The van der Waals surface area contributed by atoms with E-state index in [2.05, 4.69) is 20.7 Å². The third kappa shape index (κ3) is 5.57. The van der Waals surface area contributed by atoms with Crippen LogP contribution in [0.25, 0.3) is 16.8 Å². The number of piperazine rings is 1. The largest absolute Gasteiger partial charge is 0.418 e. The average molecular weight is 572 g/mol. The van der Waals surface area contributed by atoms with Gasteiger partial charge in [-0.1, -0.05) is 23.7 Å². The minimum absolute atomic E-state index is 0.0332. The van der Waals surface area contributed by atoms with E-state index in [9.17, 15) is 18.0 Å². The van der Waals surface area contributed by atoms with Gasteiger partial charge in [0.2, 0.25) is 0 Å². The van der Waals surface area contributed by atoms with Crippen LogP contribution in [0.4, 0.5) is 30.4 Å². The van der Waals surface area contributed by atoms with E-state index in [4.69, 9.17) is 11.6 Å². The third-order valence-electron chi connectivity index (χ3n) is 6.93. The van der Waals surface area contributed by atoms with Crippen LogP contribution in [-0.2, 0) is 6.18 Å². The molecule has 0 unspecified atom stereocenters. The van der Waals surface area contributed by atoms with Gasteiger partial charge in [-0.05, 0) is 49.7 Å². The summed E-state index contributed by atoms with van der Waals surface area (Å²) in [6.45, 7) is 7.39. The standard InChI is InChI=1S/C28H29ClF3N7O/c1-3-37(4-2)25-16-23(36-26-21(17-34-39(25)26)18-6-5-7-19(29)14-18)27(40)35-20-8-9-24(22(15-20)28(30,31)32)38-12-10-33-11-13-38/h5-9,14-17,33H,3-4,10-13H2,1-2H3,(H,35,40). The zero-order valence-corrected chi connectivity index (χ0v) is 22.9. The molecule has 2 N–H and O–H groups in total. The number of aromatic nitrogens is 3. The highest BCUT2D eigenvalue weighted by Crippen LogP contribution is 2.38. The van der Waals surface area contributed by atoms with E-state index in [1.807, 2.05) is 30.9 Å².